The zero-order valence-electron chi connectivity index (χ0n) is 16.5. The fourth-order valence-corrected chi connectivity index (χ4v) is 3.45. The molecule has 0 saturated carbocycles. The van der Waals surface area contributed by atoms with Crippen molar-refractivity contribution in [1.29, 1.82) is 0 Å². The molecule has 0 spiro atoms. The molecule has 0 unspecified atom stereocenters. The van der Waals surface area contributed by atoms with Gasteiger partial charge in [0.1, 0.15) is 17.3 Å². The molecule has 0 radical (unpaired) electrons. The summed E-state index contributed by atoms with van der Waals surface area (Å²) >= 11 is 6.28. The molecule has 3 heterocycles. The molecule has 31 heavy (non-hydrogen) atoms. The van der Waals surface area contributed by atoms with E-state index >= 15 is 0 Å². The van der Waals surface area contributed by atoms with Crippen LogP contribution < -0.4 is 15.9 Å². The normalized spacial score (nSPS) is 11.0. The van der Waals surface area contributed by atoms with E-state index in [1.807, 2.05) is 0 Å². The number of H-pyrrole nitrogens is 1. The number of carbonyl (C=O) groups is 1. The Labute approximate surface area is 180 Å². The third kappa shape index (κ3) is 3.73. The van der Waals surface area contributed by atoms with Crippen molar-refractivity contribution >= 4 is 28.4 Å². The first-order chi connectivity index (χ1) is 14.8. The van der Waals surface area contributed by atoms with Gasteiger partial charge in [-0.15, -0.1) is 0 Å². The molecule has 7 nitrogen and oxygen atoms in total. The van der Waals surface area contributed by atoms with Gasteiger partial charge >= 0.3 is 0 Å². The highest BCUT2D eigenvalue weighted by atomic mass is 35.5. The number of amides is 1. The minimum absolute atomic E-state index is 0.0863. The Morgan fingerprint density at radius 3 is 2.68 bits per heavy atom. The van der Waals surface area contributed by atoms with Crippen LogP contribution in [0.1, 0.15) is 21.6 Å². The number of aromatic amines is 1. The van der Waals surface area contributed by atoms with Crippen LogP contribution in [0.3, 0.4) is 0 Å². The van der Waals surface area contributed by atoms with Crippen molar-refractivity contribution in [3.8, 4) is 22.9 Å². The summed E-state index contributed by atoms with van der Waals surface area (Å²) in [6.45, 7) is 3.46. The van der Waals surface area contributed by atoms with Gasteiger partial charge in [0.25, 0.3) is 5.91 Å². The van der Waals surface area contributed by atoms with E-state index in [4.69, 9.17) is 22.1 Å². The second-order valence-corrected chi connectivity index (χ2v) is 7.32. The van der Waals surface area contributed by atoms with Crippen molar-refractivity contribution in [1.82, 2.24) is 15.0 Å². The monoisotopic (exact) mass is 438 g/mol. The number of aromatic nitrogens is 3. The molecule has 4 aromatic rings. The first kappa shape index (κ1) is 20.5. The summed E-state index contributed by atoms with van der Waals surface area (Å²) < 4.78 is 19.4. The van der Waals surface area contributed by atoms with Crippen LogP contribution in [0.2, 0.25) is 5.02 Å². The van der Waals surface area contributed by atoms with E-state index in [0.29, 0.717) is 38.7 Å². The number of hydrogen-bond donors (Lipinski definition) is 2. The molecule has 3 aromatic heterocycles. The van der Waals surface area contributed by atoms with E-state index in [2.05, 4.69) is 15.0 Å². The SMILES string of the molecule is Cc1cc(F)ccc1Oc1ncc(Cl)c(C)c1-c1cc(=O)c2c(C(N)=O)nccc2[nH]1. The van der Waals surface area contributed by atoms with E-state index in [-0.39, 0.29) is 22.8 Å². The summed E-state index contributed by atoms with van der Waals surface area (Å²) in [4.78, 5) is 35.8. The van der Waals surface area contributed by atoms with Gasteiger partial charge in [0.05, 0.1) is 27.2 Å². The van der Waals surface area contributed by atoms with Crippen LogP contribution in [0.4, 0.5) is 4.39 Å². The highest BCUT2D eigenvalue weighted by Crippen LogP contribution is 2.37. The number of benzene rings is 1. The molecule has 0 aliphatic rings. The Morgan fingerprint density at radius 1 is 1.19 bits per heavy atom. The average Bonchev–Trinajstić information content (AvgIpc) is 2.72. The van der Waals surface area contributed by atoms with E-state index in [1.54, 1.807) is 19.9 Å². The third-order valence-electron chi connectivity index (χ3n) is 4.83. The van der Waals surface area contributed by atoms with Gasteiger partial charge < -0.3 is 15.5 Å². The van der Waals surface area contributed by atoms with Crippen molar-refractivity contribution in [2.24, 2.45) is 5.73 Å². The Kier molecular flexibility index (Phi) is 5.16. The number of rotatable bonds is 4. The molecule has 9 heteroatoms. The van der Waals surface area contributed by atoms with Crippen molar-refractivity contribution < 1.29 is 13.9 Å². The number of nitrogens with two attached hydrogens (primary N) is 1. The summed E-state index contributed by atoms with van der Waals surface area (Å²) in [6, 6.07) is 6.98. The minimum atomic E-state index is -0.805. The lowest BCUT2D eigenvalue weighted by Crippen LogP contribution is -2.17. The summed E-state index contributed by atoms with van der Waals surface area (Å²) in [5, 5.41) is 0.454. The van der Waals surface area contributed by atoms with Crippen LogP contribution in [0.15, 0.2) is 47.5 Å². The molecular formula is C22H16ClFN4O3. The predicted molar refractivity (Wildman–Crippen MR) is 115 cm³/mol. The largest absolute Gasteiger partial charge is 0.438 e. The number of nitrogens with zero attached hydrogens (tertiary/aromatic N) is 2. The average molecular weight is 439 g/mol. The van der Waals surface area contributed by atoms with Crippen LogP contribution in [0, 0.1) is 19.7 Å². The van der Waals surface area contributed by atoms with Gasteiger partial charge in [-0.25, -0.2) is 9.37 Å². The number of primary amides is 1. The number of halogens is 2. The number of fused-ring (bicyclic) bond motifs is 1. The molecule has 0 bridgehead atoms. The van der Waals surface area contributed by atoms with Crippen LogP contribution in [-0.4, -0.2) is 20.9 Å². The number of aryl methyl sites for hydroxylation is 1. The molecule has 1 amide bonds. The highest BCUT2D eigenvalue weighted by Gasteiger charge is 2.19. The van der Waals surface area contributed by atoms with Crippen molar-refractivity contribution in [2.45, 2.75) is 13.8 Å². The maximum Gasteiger partial charge on any atom is 0.268 e. The van der Waals surface area contributed by atoms with E-state index in [9.17, 15) is 14.0 Å². The fraction of sp³-hybridized carbons (Fsp3) is 0.0909. The maximum atomic E-state index is 13.5. The van der Waals surface area contributed by atoms with Gasteiger partial charge in [-0.05, 0) is 49.2 Å². The Balaban J connectivity index is 1.94. The molecule has 0 aliphatic heterocycles. The zero-order chi connectivity index (χ0) is 22.3. The van der Waals surface area contributed by atoms with Gasteiger partial charge in [-0.1, -0.05) is 11.6 Å². The molecular weight excluding hydrogens is 423 g/mol. The third-order valence-corrected chi connectivity index (χ3v) is 5.21. The van der Waals surface area contributed by atoms with E-state index in [1.165, 1.54) is 36.7 Å². The lowest BCUT2D eigenvalue weighted by Gasteiger charge is -2.15. The van der Waals surface area contributed by atoms with Crippen molar-refractivity contribution in [2.75, 3.05) is 0 Å². The number of hydrogen-bond acceptors (Lipinski definition) is 5. The molecule has 0 aliphatic carbocycles. The van der Waals surface area contributed by atoms with Gasteiger partial charge in [0, 0.05) is 18.5 Å². The molecule has 0 saturated heterocycles. The van der Waals surface area contributed by atoms with Gasteiger partial charge in [-0.2, -0.15) is 0 Å². The fourth-order valence-electron chi connectivity index (χ4n) is 3.30. The van der Waals surface area contributed by atoms with Crippen LogP contribution in [0.25, 0.3) is 22.2 Å². The molecule has 0 atom stereocenters. The van der Waals surface area contributed by atoms with E-state index < -0.39 is 11.3 Å². The number of nitrogens with one attached hydrogen (secondary N) is 1. The Morgan fingerprint density at radius 2 is 1.97 bits per heavy atom. The van der Waals surface area contributed by atoms with Gasteiger partial charge in [0.2, 0.25) is 5.88 Å². The molecule has 4 rings (SSSR count). The first-order valence-electron chi connectivity index (χ1n) is 9.17. The van der Waals surface area contributed by atoms with Crippen molar-refractivity contribution in [3.63, 3.8) is 0 Å². The van der Waals surface area contributed by atoms with Crippen LogP contribution in [-0.2, 0) is 0 Å². The topological polar surface area (TPSA) is 111 Å². The summed E-state index contributed by atoms with van der Waals surface area (Å²) in [5.74, 6) is -0.612. The summed E-state index contributed by atoms with van der Waals surface area (Å²) in [6.07, 6.45) is 2.81. The first-order valence-corrected chi connectivity index (χ1v) is 9.55. The second kappa shape index (κ2) is 7.81. The smallest absolute Gasteiger partial charge is 0.268 e. The van der Waals surface area contributed by atoms with Crippen LogP contribution in [0.5, 0.6) is 11.6 Å². The highest BCUT2D eigenvalue weighted by molar-refractivity contribution is 6.31. The van der Waals surface area contributed by atoms with Gasteiger partial charge in [-0.3, -0.25) is 14.6 Å². The van der Waals surface area contributed by atoms with E-state index in [0.717, 1.165) is 0 Å². The van der Waals surface area contributed by atoms with Gasteiger partial charge in [0.15, 0.2) is 5.43 Å². The lowest BCUT2D eigenvalue weighted by atomic mass is 10.0. The number of carbonyl (C=O) groups excluding carboxylic acids is 1. The zero-order valence-corrected chi connectivity index (χ0v) is 17.2. The second-order valence-electron chi connectivity index (χ2n) is 6.92. The minimum Gasteiger partial charge on any atom is -0.438 e. The summed E-state index contributed by atoms with van der Waals surface area (Å²) in [7, 11) is 0. The standard InChI is InChI=1S/C22H16ClFN4O3/c1-10-7-12(24)3-4-17(10)31-22-18(11(2)13(23)9-27-22)15-8-16(29)19-14(28-15)5-6-26-20(19)21(25)30/h3-9H,1-2H3,(H2,25,30)(H,28,29). The molecule has 3 N–H and O–H groups in total. The quantitative estimate of drug-likeness (QED) is 0.494. The number of pyridine rings is 3. The maximum absolute atomic E-state index is 13.5. The van der Waals surface area contributed by atoms with Crippen LogP contribution >= 0.6 is 11.6 Å². The number of ether oxygens (including phenoxy) is 1. The Hall–Kier alpha value is -3.78. The lowest BCUT2D eigenvalue weighted by molar-refractivity contribution is 0.0997. The molecule has 156 valence electrons. The molecule has 1 aromatic carbocycles. The predicted octanol–water partition coefficient (Wildman–Crippen LogP) is 4.29. The Bertz CT molecular complexity index is 1420. The molecule has 0 fully saturated rings. The van der Waals surface area contributed by atoms with Crippen molar-refractivity contribution in [3.05, 3.63) is 80.6 Å². The summed E-state index contributed by atoms with van der Waals surface area (Å²) in [5.41, 5.74) is 7.17.